The predicted octanol–water partition coefficient (Wildman–Crippen LogP) is 1.39. The van der Waals surface area contributed by atoms with E-state index in [1.165, 1.54) is 0 Å². The first kappa shape index (κ1) is 14.0. The molecule has 0 spiro atoms. The van der Waals surface area contributed by atoms with Crippen LogP contribution in [0.2, 0.25) is 0 Å². The smallest absolute Gasteiger partial charge is 0.159 e. The Hall–Kier alpha value is -1.39. The van der Waals surface area contributed by atoms with Gasteiger partial charge in [0.1, 0.15) is 0 Å². The van der Waals surface area contributed by atoms with Gasteiger partial charge in [0, 0.05) is 36.9 Å². The summed E-state index contributed by atoms with van der Waals surface area (Å²) in [5.41, 5.74) is 1.89. The van der Waals surface area contributed by atoms with E-state index in [1.54, 1.807) is 6.92 Å². The summed E-state index contributed by atoms with van der Waals surface area (Å²) in [5.74, 6) is 0.106. The fourth-order valence-electron chi connectivity index (χ4n) is 2.60. The maximum atomic E-state index is 11.4. The third-order valence-electron chi connectivity index (χ3n) is 3.86. The molecule has 1 fully saturated rings. The third-order valence-corrected chi connectivity index (χ3v) is 3.86. The van der Waals surface area contributed by atoms with Crippen LogP contribution in [0.25, 0.3) is 0 Å². The summed E-state index contributed by atoms with van der Waals surface area (Å²) in [6.07, 6.45) is 1.10. The highest BCUT2D eigenvalue weighted by Crippen LogP contribution is 2.23. The number of aliphatic hydroxyl groups is 1. The number of benzene rings is 1. The van der Waals surface area contributed by atoms with Crippen LogP contribution in [0.4, 0.5) is 5.69 Å². The Morgan fingerprint density at radius 2 is 2.32 bits per heavy atom. The number of carbonyl (C=O) groups is 1. The first-order valence-electron chi connectivity index (χ1n) is 6.79. The lowest BCUT2D eigenvalue weighted by molar-refractivity contribution is 0.101. The lowest BCUT2D eigenvalue weighted by Gasteiger charge is -2.24. The predicted molar refractivity (Wildman–Crippen MR) is 76.8 cm³/mol. The molecule has 1 aromatic rings. The largest absolute Gasteiger partial charge is 0.395 e. The molecule has 0 radical (unpaired) electrons. The number of anilines is 1. The van der Waals surface area contributed by atoms with Crippen molar-refractivity contribution in [3.63, 3.8) is 0 Å². The van der Waals surface area contributed by atoms with E-state index < -0.39 is 0 Å². The van der Waals surface area contributed by atoms with Gasteiger partial charge in [0.2, 0.25) is 0 Å². The van der Waals surface area contributed by atoms with Gasteiger partial charge in [0.15, 0.2) is 5.78 Å². The molecule has 1 unspecified atom stereocenters. The molecule has 0 amide bonds. The summed E-state index contributed by atoms with van der Waals surface area (Å²) in [5, 5.41) is 8.98. The monoisotopic (exact) mass is 262 g/mol. The summed E-state index contributed by atoms with van der Waals surface area (Å²) < 4.78 is 0. The summed E-state index contributed by atoms with van der Waals surface area (Å²) in [4.78, 5) is 15.9. The number of ketones is 1. The number of likely N-dealkylation sites (N-methyl/N-ethyl adjacent to an activating group) is 1. The Morgan fingerprint density at radius 3 is 3.00 bits per heavy atom. The summed E-state index contributed by atoms with van der Waals surface area (Å²) in [6, 6.07) is 8.30. The molecule has 1 aromatic carbocycles. The van der Waals surface area contributed by atoms with Crippen molar-refractivity contribution in [2.75, 3.05) is 38.2 Å². The van der Waals surface area contributed by atoms with Crippen LogP contribution in [0.3, 0.4) is 0 Å². The van der Waals surface area contributed by atoms with E-state index in [-0.39, 0.29) is 12.4 Å². The van der Waals surface area contributed by atoms with E-state index in [1.807, 2.05) is 18.2 Å². The number of hydrogen-bond donors (Lipinski definition) is 1. The number of rotatable bonds is 5. The van der Waals surface area contributed by atoms with Crippen molar-refractivity contribution < 1.29 is 9.90 Å². The van der Waals surface area contributed by atoms with E-state index >= 15 is 0 Å². The fourth-order valence-corrected chi connectivity index (χ4v) is 2.60. The second kappa shape index (κ2) is 6.17. The van der Waals surface area contributed by atoms with Crippen molar-refractivity contribution in [2.24, 2.45) is 0 Å². The molecule has 2 rings (SSSR count). The van der Waals surface area contributed by atoms with E-state index in [9.17, 15) is 4.79 Å². The molecule has 1 aliphatic rings. The lowest BCUT2D eigenvalue weighted by Crippen LogP contribution is -2.36. The molecular weight excluding hydrogens is 240 g/mol. The molecule has 0 saturated carbocycles. The second-order valence-corrected chi connectivity index (χ2v) is 5.20. The molecule has 19 heavy (non-hydrogen) atoms. The zero-order valence-corrected chi connectivity index (χ0v) is 11.7. The van der Waals surface area contributed by atoms with E-state index in [4.69, 9.17) is 5.11 Å². The number of carbonyl (C=O) groups excluding carboxylic acids is 1. The lowest BCUT2D eigenvalue weighted by atomic mass is 10.1. The molecule has 1 N–H and O–H groups in total. The molecule has 4 nitrogen and oxygen atoms in total. The third kappa shape index (κ3) is 3.33. The van der Waals surface area contributed by atoms with Crippen molar-refractivity contribution in [3.05, 3.63) is 29.8 Å². The van der Waals surface area contributed by atoms with Gasteiger partial charge in [0.05, 0.1) is 6.61 Å². The quantitative estimate of drug-likeness (QED) is 0.815. The highest BCUT2D eigenvalue weighted by atomic mass is 16.3. The fraction of sp³-hybridized carbons (Fsp3) is 0.533. The Labute approximate surface area is 114 Å². The van der Waals surface area contributed by atoms with Gasteiger partial charge < -0.3 is 10.0 Å². The van der Waals surface area contributed by atoms with Gasteiger partial charge in [0.25, 0.3) is 0 Å². The zero-order chi connectivity index (χ0) is 13.8. The number of aliphatic hydroxyl groups excluding tert-OH is 1. The standard InChI is InChI=1S/C15H22N2O2/c1-12(19)13-4-3-5-14(10-13)17-7-6-15(11-17)16(2)8-9-18/h3-5,10,15,18H,6-9,11H2,1-2H3. The Kier molecular flexibility index (Phi) is 4.56. The number of hydrogen-bond acceptors (Lipinski definition) is 4. The summed E-state index contributed by atoms with van der Waals surface area (Å²) in [7, 11) is 2.05. The zero-order valence-electron chi connectivity index (χ0n) is 11.7. The van der Waals surface area contributed by atoms with Crippen molar-refractivity contribution >= 4 is 11.5 Å². The normalized spacial score (nSPS) is 19.2. The van der Waals surface area contributed by atoms with Crippen LogP contribution in [-0.2, 0) is 0 Å². The van der Waals surface area contributed by atoms with Crippen molar-refractivity contribution in [3.8, 4) is 0 Å². The van der Waals surface area contributed by atoms with Gasteiger partial charge in [-0.15, -0.1) is 0 Å². The first-order chi connectivity index (χ1) is 9.11. The maximum Gasteiger partial charge on any atom is 0.159 e. The van der Waals surface area contributed by atoms with E-state index in [2.05, 4.69) is 22.9 Å². The van der Waals surface area contributed by atoms with Crippen LogP contribution in [0, 0.1) is 0 Å². The van der Waals surface area contributed by atoms with Crippen LogP contribution in [0.15, 0.2) is 24.3 Å². The highest BCUT2D eigenvalue weighted by Gasteiger charge is 2.25. The van der Waals surface area contributed by atoms with Gasteiger partial charge in [-0.2, -0.15) is 0 Å². The molecule has 0 aromatic heterocycles. The minimum atomic E-state index is 0.106. The Bertz CT molecular complexity index is 448. The Balaban J connectivity index is 2.04. The average Bonchev–Trinajstić information content (AvgIpc) is 2.89. The average molecular weight is 262 g/mol. The first-order valence-corrected chi connectivity index (χ1v) is 6.79. The van der Waals surface area contributed by atoms with Crippen LogP contribution in [0.5, 0.6) is 0 Å². The molecule has 1 saturated heterocycles. The number of Topliss-reactive ketones (excluding diaryl/α,β-unsaturated/α-hetero) is 1. The van der Waals surface area contributed by atoms with Gasteiger partial charge in [-0.1, -0.05) is 12.1 Å². The molecule has 1 atom stereocenters. The summed E-state index contributed by atoms with van der Waals surface area (Å²) in [6.45, 7) is 4.47. The highest BCUT2D eigenvalue weighted by molar-refractivity contribution is 5.95. The van der Waals surface area contributed by atoms with E-state index in [0.29, 0.717) is 12.6 Å². The van der Waals surface area contributed by atoms with Crippen LogP contribution in [0.1, 0.15) is 23.7 Å². The Morgan fingerprint density at radius 1 is 1.53 bits per heavy atom. The van der Waals surface area contributed by atoms with Gasteiger partial charge in [-0.05, 0) is 32.5 Å². The van der Waals surface area contributed by atoms with Crippen LogP contribution in [-0.4, -0.2) is 55.1 Å². The molecule has 4 heteroatoms. The second-order valence-electron chi connectivity index (χ2n) is 5.20. The molecule has 0 bridgehead atoms. The molecule has 0 aliphatic carbocycles. The molecular formula is C15H22N2O2. The minimum Gasteiger partial charge on any atom is -0.395 e. The van der Waals surface area contributed by atoms with Gasteiger partial charge in [-0.3, -0.25) is 9.69 Å². The SMILES string of the molecule is CC(=O)c1cccc(N2CCC(N(C)CCO)C2)c1. The van der Waals surface area contributed by atoms with Crippen molar-refractivity contribution in [1.29, 1.82) is 0 Å². The molecule has 1 aliphatic heterocycles. The van der Waals surface area contributed by atoms with Crippen LogP contribution >= 0.6 is 0 Å². The van der Waals surface area contributed by atoms with E-state index in [0.717, 1.165) is 30.8 Å². The van der Waals surface area contributed by atoms with Crippen molar-refractivity contribution in [2.45, 2.75) is 19.4 Å². The van der Waals surface area contributed by atoms with Gasteiger partial charge >= 0.3 is 0 Å². The van der Waals surface area contributed by atoms with Gasteiger partial charge in [-0.25, -0.2) is 0 Å². The topological polar surface area (TPSA) is 43.8 Å². The maximum absolute atomic E-state index is 11.4. The minimum absolute atomic E-state index is 0.106. The summed E-state index contributed by atoms with van der Waals surface area (Å²) >= 11 is 0. The molecule has 1 heterocycles. The van der Waals surface area contributed by atoms with Crippen molar-refractivity contribution in [1.82, 2.24) is 4.90 Å². The number of nitrogens with zero attached hydrogens (tertiary/aromatic N) is 2. The molecule has 104 valence electrons. The van der Waals surface area contributed by atoms with Crippen LogP contribution < -0.4 is 4.90 Å².